The number of carbonyl (C=O) groups is 1. The molecule has 0 bridgehead atoms. The Bertz CT molecular complexity index is 977. The van der Waals surface area contributed by atoms with Crippen LogP contribution < -0.4 is 4.90 Å². The molecule has 0 N–H and O–H groups in total. The molecule has 3 rings (SSSR count). The quantitative estimate of drug-likeness (QED) is 0.657. The summed E-state index contributed by atoms with van der Waals surface area (Å²) in [6, 6.07) is 10.5. The third-order valence-corrected chi connectivity index (χ3v) is 4.15. The SMILES string of the molecule is CCN(C(=O)C(F)(F)F)c1cc(C)c2oc(-c3ccccc3C)nc2c1. The van der Waals surface area contributed by atoms with Crippen LogP contribution in [0.5, 0.6) is 0 Å². The summed E-state index contributed by atoms with van der Waals surface area (Å²) in [5, 5.41) is 0. The molecule has 136 valence electrons. The Kier molecular flexibility index (Phi) is 4.48. The molecule has 1 heterocycles. The predicted molar refractivity (Wildman–Crippen MR) is 93.0 cm³/mol. The van der Waals surface area contributed by atoms with Crippen LogP contribution in [0, 0.1) is 13.8 Å². The van der Waals surface area contributed by atoms with E-state index in [-0.39, 0.29) is 12.2 Å². The van der Waals surface area contributed by atoms with Crippen molar-refractivity contribution in [2.24, 2.45) is 0 Å². The first-order valence-corrected chi connectivity index (χ1v) is 8.08. The first-order valence-electron chi connectivity index (χ1n) is 8.08. The van der Waals surface area contributed by atoms with E-state index in [1.807, 2.05) is 31.2 Å². The number of rotatable bonds is 3. The number of aromatic nitrogens is 1. The lowest BCUT2D eigenvalue weighted by Gasteiger charge is -2.22. The van der Waals surface area contributed by atoms with Gasteiger partial charge in [-0.2, -0.15) is 13.2 Å². The summed E-state index contributed by atoms with van der Waals surface area (Å²) in [5.74, 6) is -1.51. The molecule has 1 aromatic heterocycles. The Hall–Kier alpha value is -2.83. The van der Waals surface area contributed by atoms with E-state index in [0.29, 0.717) is 27.5 Å². The fraction of sp³-hybridized carbons (Fsp3) is 0.263. The summed E-state index contributed by atoms with van der Waals surface area (Å²) in [4.78, 5) is 16.8. The summed E-state index contributed by atoms with van der Waals surface area (Å²) >= 11 is 0. The second-order valence-corrected chi connectivity index (χ2v) is 5.99. The van der Waals surface area contributed by atoms with Crippen molar-refractivity contribution in [2.75, 3.05) is 11.4 Å². The molecule has 0 saturated carbocycles. The molecule has 0 unspecified atom stereocenters. The molecule has 1 amide bonds. The van der Waals surface area contributed by atoms with Gasteiger partial charge in [0.05, 0.1) is 0 Å². The minimum Gasteiger partial charge on any atom is -0.436 e. The number of benzene rings is 2. The largest absolute Gasteiger partial charge is 0.471 e. The average molecular weight is 362 g/mol. The van der Waals surface area contributed by atoms with Crippen LogP contribution in [0.15, 0.2) is 40.8 Å². The van der Waals surface area contributed by atoms with E-state index < -0.39 is 12.1 Å². The molecule has 26 heavy (non-hydrogen) atoms. The van der Waals surface area contributed by atoms with Crippen LogP contribution in [-0.2, 0) is 4.79 Å². The molecule has 0 aliphatic carbocycles. The van der Waals surface area contributed by atoms with Crippen LogP contribution in [-0.4, -0.2) is 23.6 Å². The van der Waals surface area contributed by atoms with Gasteiger partial charge in [-0.25, -0.2) is 4.98 Å². The standard InChI is InChI=1S/C19H17F3N2O2/c1-4-24(18(25)19(20,21)22)13-9-12(3)16-15(10-13)23-17(26-16)14-8-6-5-7-11(14)2/h5-10H,4H2,1-3H3. The van der Waals surface area contributed by atoms with Gasteiger partial charge in [0.15, 0.2) is 5.58 Å². The molecule has 0 atom stereocenters. The number of fused-ring (bicyclic) bond motifs is 1. The Morgan fingerprint density at radius 1 is 1.15 bits per heavy atom. The van der Waals surface area contributed by atoms with E-state index in [9.17, 15) is 18.0 Å². The van der Waals surface area contributed by atoms with E-state index in [1.165, 1.54) is 19.1 Å². The van der Waals surface area contributed by atoms with Crippen molar-refractivity contribution in [1.82, 2.24) is 4.98 Å². The van der Waals surface area contributed by atoms with E-state index in [0.717, 1.165) is 11.1 Å². The summed E-state index contributed by atoms with van der Waals surface area (Å²) in [6.45, 7) is 5.02. The molecule has 0 spiro atoms. The third kappa shape index (κ3) is 3.16. The number of carbonyl (C=O) groups excluding carboxylic acids is 1. The highest BCUT2D eigenvalue weighted by Gasteiger charge is 2.42. The van der Waals surface area contributed by atoms with Crippen LogP contribution in [0.1, 0.15) is 18.1 Å². The Morgan fingerprint density at radius 3 is 2.46 bits per heavy atom. The zero-order valence-electron chi connectivity index (χ0n) is 14.5. The van der Waals surface area contributed by atoms with Gasteiger partial charge >= 0.3 is 12.1 Å². The molecule has 7 heteroatoms. The normalized spacial score (nSPS) is 11.8. The van der Waals surface area contributed by atoms with Crippen molar-refractivity contribution < 1.29 is 22.4 Å². The summed E-state index contributed by atoms with van der Waals surface area (Å²) in [5.41, 5.74) is 3.43. The van der Waals surface area contributed by atoms with Crippen LogP contribution in [0.25, 0.3) is 22.6 Å². The average Bonchev–Trinajstić information content (AvgIpc) is 2.99. The van der Waals surface area contributed by atoms with E-state index in [2.05, 4.69) is 4.98 Å². The number of nitrogens with zero attached hydrogens (tertiary/aromatic N) is 2. The highest BCUT2D eigenvalue weighted by molar-refractivity contribution is 5.99. The van der Waals surface area contributed by atoms with Gasteiger partial charge in [-0.05, 0) is 50.1 Å². The van der Waals surface area contributed by atoms with Gasteiger partial charge in [0.25, 0.3) is 0 Å². The van der Waals surface area contributed by atoms with Crippen molar-refractivity contribution in [2.45, 2.75) is 26.9 Å². The summed E-state index contributed by atoms with van der Waals surface area (Å²) < 4.78 is 44.3. The van der Waals surface area contributed by atoms with Gasteiger partial charge in [-0.3, -0.25) is 4.79 Å². The molecule has 0 saturated heterocycles. The Labute approximate surface area is 148 Å². The molecular weight excluding hydrogens is 345 g/mol. The van der Waals surface area contributed by atoms with Gasteiger partial charge < -0.3 is 9.32 Å². The number of halogens is 3. The number of anilines is 1. The van der Waals surface area contributed by atoms with Gasteiger partial charge in [-0.1, -0.05) is 18.2 Å². The molecule has 0 aliphatic rings. The number of alkyl halides is 3. The van der Waals surface area contributed by atoms with Gasteiger partial charge in [0, 0.05) is 17.8 Å². The zero-order valence-corrected chi connectivity index (χ0v) is 14.5. The fourth-order valence-electron chi connectivity index (χ4n) is 2.86. The molecule has 3 aromatic rings. The maximum atomic E-state index is 12.8. The third-order valence-electron chi connectivity index (χ3n) is 4.15. The molecule has 4 nitrogen and oxygen atoms in total. The van der Waals surface area contributed by atoms with Crippen LogP contribution in [0.4, 0.5) is 18.9 Å². The second-order valence-electron chi connectivity index (χ2n) is 5.99. The van der Waals surface area contributed by atoms with Crippen LogP contribution in [0.2, 0.25) is 0 Å². The van der Waals surface area contributed by atoms with Crippen LogP contribution in [0.3, 0.4) is 0 Å². The maximum absolute atomic E-state index is 12.8. The minimum absolute atomic E-state index is 0.105. The second kappa shape index (κ2) is 6.48. The summed E-state index contributed by atoms with van der Waals surface area (Å²) in [7, 11) is 0. The molecule has 0 fully saturated rings. The van der Waals surface area contributed by atoms with Gasteiger partial charge in [0.2, 0.25) is 5.89 Å². The van der Waals surface area contributed by atoms with Crippen molar-refractivity contribution in [3.8, 4) is 11.5 Å². The predicted octanol–water partition coefficient (Wildman–Crippen LogP) is 5.03. The number of aryl methyl sites for hydroxylation is 2. The molecule has 0 aliphatic heterocycles. The van der Waals surface area contributed by atoms with E-state index in [1.54, 1.807) is 6.92 Å². The number of hydrogen-bond donors (Lipinski definition) is 0. The minimum atomic E-state index is -4.94. The lowest BCUT2D eigenvalue weighted by Crippen LogP contribution is -2.41. The molecular formula is C19H17F3N2O2. The number of oxazole rings is 1. The van der Waals surface area contributed by atoms with Crippen molar-refractivity contribution in [3.63, 3.8) is 0 Å². The maximum Gasteiger partial charge on any atom is 0.471 e. The first kappa shape index (κ1) is 18.0. The van der Waals surface area contributed by atoms with Gasteiger partial charge in [-0.15, -0.1) is 0 Å². The number of amides is 1. The van der Waals surface area contributed by atoms with Crippen molar-refractivity contribution in [3.05, 3.63) is 47.5 Å². The van der Waals surface area contributed by atoms with E-state index >= 15 is 0 Å². The summed E-state index contributed by atoms with van der Waals surface area (Å²) in [6.07, 6.45) is -4.94. The molecule has 2 aromatic carbocycles. The Morgan fingerprint density at radius 2 is 1.85 bits per heavy atom. The zero-order chi connectivity index (χ0) is 19.1. The lowest BCUT2D eigenvalue weighted by atomic mass is 10.1. The van der Waals surface area contributed by atoms with E-state index in [4.69, 9.17) is 4.42 Å². The first-order chi connectivity index (χ1) is 12.2. The van der Waals surface area contributed by atoms with Crippen LogP contribution >= 0.6 is 0 Å². The monoisotopic (exact) mass is 362 g/mol. The number of hydrogen-bond acceptors (Lipinski definition) is 3. The topological polar surface area (TPSA) is 46.3 Å². The molecule has 0 radical (unpaired) electrons. The Balaban J connectivity index is 2.11. The van der Waals surface area contributed by atoms with Gasteiger partial charge in [0.1, 0.15) is 5.52 Å². The fourth-order valence-corrected chi connectivity index (χ4v) is 2.86. The highest BCUT2D eigenvalue weighted by atomic mass is 19.4. The van der Waals surface area contributed by atoms with Crippen molar-refractivity contribution >= 4 is 22.7 Å². The smallest absolute Gasteiger partial charge is 0.436 e. The highest BCUT2D eigenvalue weighted by Crippen LogP contribution is 2.32. The lowest BCUT2D eigenvalue weighted by molar-refractivity contribution is -0.170. The van der Waals surface area contributed by atoms with Crippen molar-refractivity contribution in [1.29, 1.82) is 0 Å².